The van der Waals surface area contributed by atoms with Gasteiger partial charge in [-0.15, -0.1) is 0 Å². The highest BCUT2D eigenvalue weighted by Crippen LogP contribution is 2.49. The lowest BCUT2D eigenvalue weighted by Gasteiger charge is -2.07. The molecule has 5 heteroatoms. The average molecular weight is 263 g/mol. The molecule has 19 heavy (non-hydrogen) atoms. The van der Waals surface area contributed by atoms with E-state index in [9.17, 15) is 4.39 Å². The molecule has 2 aromatic rings. The van der Waals surface area contributed by atoms with E-state index in [1.165, 1.54) is 26.0 Å². The summed E-state index contributed by atoms with van der Waals surface area (Å²) in [6, 6.07) is 3.48. The molecule has 1 aromatic heterocycles. The van der Waals surface area contributed by atoms with Gasteiger partial charge < -0.3 is 15.0 Å². The minimum atomic E-state index is -0.402. The predicted molar refractivity (Wildman–Crippen MR) is 72.7 cm³/mol. The van der Waals surface area contributed by atoms with E-state index in [-0.39, 0.29) is 5.75 Å². The van der Waals surface area contributed by atoms with Crippen molar-refractivity contribution < 1.29 is 9.13 Å². The first kappa shape index (κ1) is 12.3. The number of hydrogen-bond donors (Lipinski definition) is 1. The number of anilines is 1. The number of hydrogen-bond acceptors (Lipinski definition) is 3. The van der Waals surface area contributed by atoms with Crippen LogP contribution in [-0.2, 0) is 0 Å². The van der Waals surface area contributed by atoms with Crippen molar-refractivity contribution in [1.82, 2.24) is 9.55 Å². The van der Waals surface area contributed by atoms with Gasteiger partial charge in [-0.05, 0) is 18.8 Å². The first-order valence-corrected chi connectivity index (χ1v) is 6.66. The van der Waals surface area contributed by atoms with Crippen LogP contribution in [0, 0.1) is 11.7 Å². The van der Waals surface area contributed by atoms with E-state index in [1.807, 2.05) is 4.57 Å². The molecule has 0 aliphatic heterocycles. The van der Waals surface area contributed by atoms with Crippen LogP contribution < -0.4 is 10.5 Å². The van der Waals surface area contributed by atoms with Crippen molar-refractivity contribution in [2.24, 2.45) is 5.92 Å². The van der Waals surface area contributed by atoms with Gasteiger partial charge >= 0.3 is 0 Å². The van der Waals surface area contributed by atoms with E-state index < -0.39 is 5.82 Å². The second kappa shape index (κ2) is 4.40. The summed E-state index contributed by atoms with van der Waals surface area (Å²) in [6.07, 6.45) is 3.50. The lowest BCUT2D eigenvalue weighted by molar-refractivity contribution is 0.387. The highest BCUT2D eigenvalue weighted by atomic mass is 19.1. The molecular weight excluding hydrogens is 245 g/mol. The van der Waals surface area contributed by atoms with Crippen LogP contribution in [0.4, 0.5) is 10.3 Å². The molecule has 1 fully saturated rings. The molecule has 0 bridgehead atoms. The van der Waals surface area contributed by atoms with E-state index >= 15 is 0 Å². The summed E-state index contributed by atoms with van der Waals surface area (Å²) in [6.45, 7) is 2.18. The third kappa shape index (κ3) is 1.93. The summed E-state index contributed by atoms with van der Waals surface area (Å²) in [4.78, 5) is 4.25. The van der Waals surface area contributed by atoms with Gasteiger partial charge in [0, 0.05) is 18.2 Å². The number of ether oxygens (including phenoxy) is 1. The highest BCUT2D eigenvalue weighted by molar-refractivity contribution is 5.80. The van der Waals surface area contributed by atoms with E-state index in [0.717, 1.165) is 11.9 Å². The van der Waals surface area contributed by atoms with Crippen molar-refractivity contribution in [3.05, 3.63) is 17.9 Å². The number of fused-ring (bicyclic) bond motifs is 1. The number of nitrogens with two attached hydrogens (primary N) is 1. The summed E-state index contributed by atoms with van der Waals surface area (Å²) in [5, 5.41) is 0. The zero-order valence-corrected chi connectivity index (χ0v) is 11.2. The third-order valence-electron chi connectivity index (χ3n) is 3.87. The van der Waals surface area contributed by atoms with Crippen molar-refractivity contribution in [3.63, 3.8) is 0 Å². The van der Waals surface area contributed by atoms with Crippen molar-refractivity contribution in [1.29, 1.82) is 0 Å². The summed E-state index contributed by atoms with van der Waals surface area (Å²) in [5.74, 6) is 0.967. The van der Waals surface area contributed by atoms with Gasteiger partial charge in [0.1, 0.15) is 0 Å². The number of methoxy groups -OCH3 is 1. The largest absolute Gasteiger partial charge is 0.494 e. The fraction of sp³-hybridized carbons (Fsp3) is 0.500. The molecule has 2 atom stereocenters. The van der Waals surface area contributed by atoms with Crippen LogP contribution in [0.15, 0.2) is 12.1 Å². The molecule has 0 radical (unpaired) electrons. The van der Waals surface area contributed by atoms with Gasteiger partial charge in [-0.3, -0.25) is 0 Å². The van der Waals surface area contributed by atoms with Gasteiger partial charge in [0.05, 0.1) is 18.1 Å². The number of nitrogen functional groups attached to an aromatic ring is 1. The number of benzene rings is 1. The molecular formula is C14H18FN3O. The van der Waals surface area contributed by atoms with Crippen LogP contribution in [-0.4, -0.2) is 16.7 Å². The molecule has 1 heterocycles. The molecule has 0 spiro atoms. The molecule has 1 saturated carbocycles. The van der Waals surface area contributed by atoms with E-state index in [2.05, 4.69) is 11.9 Å². The Morgan fingerprint density at radius 2 is 2.32 bits per heavy atom. The monoisotopic (exact) mass is 263 g/mol. The first-order valence-electron chi connectivity index (χ1n) is 6.66. The van der Waals surface area contributed by atoms with E-state index in [1.54, 1.807) is 6.07 Å². The van der Waals surface area contributed by atoms with Crippen LogP contribution in [0.25, 0.3) is 11.0 Å². The Balaban J connectivity index is 2.06. The molecule has 1 aliphatic rings. The Bertz CT molecular complexity index is 623. The SMILES string of the molecule is CCCC1CC1n1c(N)nc2cc(F)c(OC)cc21. The topological polar surface area (TPSA) is 53.1 Å². The molecule has 102 valence electrons. The molecule has 4 nitrogen and oxygen atoms in total. The fourth-order valence-corrected chi connectivity index (χ4v) is 2.85. The van der Waals surface area contributed by atoms with Gasteiger partial charge in [0.25, 0.3) is 0 Å². The molecule has 3 rings (SSSR count). The quantitative estimate of drug-likeness (QED) is 0.922. The van der Waals surface area contributed by atoms with Crippen LogP contribution >= 0.6 is 0 Å². The minimum Gasteiger partial charge on any atom is -0.494 e. The maximum absolute atomic E-state index is 13.7. The number of rotatable bonds is 4. The van der Waals surface area contributed by atoms with Gasteiger partial charge in [-0.25, -0.2) is 9.37 Å². The van der Waals surface area contributed by atoms with Crippen LogP contribution in [0.2, 0.25) is 0 Å². The summed E-state index contributed by atoms with van der Waals surface area (Å²) >= 11 is 0. The summed E-state index contributed by atoms with van der Waals surface area (Å²) in [7, 11) is 1.46. The Hall–Kier alpha value is -1.78. The Labute approximate surface area is 111 Å². The standard InChI is InChI=1S/C14H18FN3O/c1-3-4-8-5-11(8)18-12-7-13(19-2)9(15)6-10(12)17-14(18)16/h6-8,11H,3-5H2,1-2H3,(H2,16,17). The van der Waals surface area contributed by atoms with Gasteiger partial charge in [-0.1, -0.05) is 13.3 Å². The smallest absolute Gasteiger partial charge is 0.201 e. The lowest BCUT2D eigenvalue weighted by atomic mass is 10.2. The first-order chi connectivity index (χ1) is 9.15. The maximum Gasteiger partial charge on any atom is 0.201 e. The Kier molecular flexibility index (Phi) is 2.84. The molecule has 1 aliphatic carbocycles. The number of halogens is 1. The minimum absolute atomic E-state index is 0.237. The zero-order chi connectivity index (χ0) is 13.6. The number of aromatic nitrogens is 2. The average Bonchev–Trinajstić information content (AvgIpc) is 3.04. The molecule has 0 amide bonds. The molecule has 0 saturated heterocycles. The molecule has 2 N–H and O–H groups in total. The molecule has 2 unspecified atom stereocenters. The van der Waals surface area contributed by atoms with Crippen molar-refractivity contribution in [2.75, 3.05) is 12.8 Å². The second-order valence-corrected chi connectivity index (χ2v) is 5.17. The van der Waals surface area contributed by atoms with Crippen LogP contribution in [0.3, 0.4) is 0 Å². The van der Waals surface area contributed by atoms with Gasteiger partial charge in [0.15, 0.2) is 11.6 Å². The highest BCUT2D eigenvalue weighted by Gasteiger charge is 2.39. The zero-order valence-electron chi connectivity index (χ0n) is 11.2. The van der Waals surface area contributed by atoms with Crippen molar-refractivity contribution in [3.8, 4) is 5.75 Å². The summed E-state index contributed by atoms with van der Waals surface area (Å²) in [5.41, 5.74) is 7.44. The van der Waals surface area contributed by atoms with E-state index in [0.29, 0.717) is 23.4 Å². The summed E-state index contributed by atoms with van der Waals surface area (Å²) < 4.78 is 20.7. The normalized spacial score (nSPS) is 21.8. The fourth-order valence-electron chi connectivity index (χ4n) is 2.85. The predicted octanol–water partition coefficient (Wildman–Crippen LogP) is 3.13. The van der Waals surface area contributed by atoms with E-state index in [4.69, 9.17) is 10.5 Å². The third-order valence-corrected chi connectivity index (χ3v) is 3.87. The second-order valence-electron chi connectivity index (χ2n) is 5.17. The van der Waals surface area contributed by atoms with Crippen LogP contribution in [0.5, 0.6) is 5.75 Å². The van der Waals surface area contributed by atoms with Gasteiger partial charge in [0.2, 0.25) is 5.95 Å². The Morgan fingerprint density at radius 3 is 3.00 bits per heavy atom. The van der Waals surface area contributed by atoms with Gasteiger partial charge in [-0.2, -0.15) is 0 Å². The Morgan fingerprint density at radius 1 is 1.53 bits per heavy atom. The maximum atomic E-state index is 13.7. The number of nitrogens with zero attached hydrogens (tertiary/aromatic N) is 2. The van der Waals surface area contributed by atoms with Crippen molar-refractivity contribution in [2.45, 2.75) is 32.2 Å². The number of imidazole rings is 1. The van der Waals surface area contributed by atoms with Crippen LogP contribution in [0.1, 0.15) is 32.2 Å². The van der Waals surface area contributed by atoms with Crippen molar-refractivity contribution >= 4 is 17.0 Å². The molecule has 1 aromatic carbocycles. The lowest BCUT2D eigenvalue weighted by Crippen LogP contribution is -2.02.